The fourth-order valence-electron chi connectivity index (χ4n) is 0.809. The lowest BCUT2D eigenvalue weighted by Gasteiger charge is -2.04. The van der Waals surface area contributed by atoms with Crippen molar-refractivity contribution in [3.63, 3.8) is 0 Å². The number of nitrogens with zero attached hydrogens (tertiary/aromatic N) is 2. The average Bonchev–Trinajstić information content (AvgIpc) is 2.19. The van der Waals surface area contributed by atoms with Gasteiger partial charge in [0.1, 0.15) is 6.04 Å². The Labute approximate surface area is 76.2 Å². The van der Waals surface area contributed by atoms with E-state index in [4.69, 9.17) is 5.26 Å². The maximum absolute atomic E-state index is 11.3. The molecule has 4 heteroatoms. The molecule has 0 aliphatic rings. The molecule has 0 aliphatic heterocycles. The van der Waals surface area contributed by atoms with Crippen molar-refractivity contribution in [2.45, 2.75) is 13.0 Å². The van der Waals surface area contributed by atoms with Crippen LogP contribution in [0.25, 0.3) is 0 Å². The van der Waals surface area contributed by atoms with Crippen molar-refractivity contribution >= 4 is 5.91 Å². The van der Waals surface area contributed by atoms with Gasteiger partial charge in [-0.3, -0.25) is 9.78 Å². The molecule has 1 N–H and O–H groups in total. The van der Waals surface area contributed by atoms with Crippen molar-refractivity contribution in [1.82, 2.24) is 10.3 Å². The van der Waals surface area contributed by atoms with Crippen molar-refractivity contribution in [3.05, 3.63) is 30.1 Å². The molecule has 0 bridgehead atoms. The standard InChI is InChI=1S/C9H9N3O/c1-7(5-10)12-9(13)8-3-2-4-11-6-8/h2-4,6-7H,1H3,(H,12,13)/t7-/m0/s1. The topological polar surface area (TPSA) is 65.8 Å². The molecule has 0 aromatic carbocycles. The third kappa shape index (κ3) is 2.56. The summed E-state index contributed by atoms with van der Waals surface area (Å²) in [6.07, 6.45) is 3.05. The summed E-state index contributed by atoms with van der Waals surface area (Å²) in [5.74, 6) is -0.276. The zero-order chi connectivity index (χ0) is 9.68. The first-order valence-electron chi connectivity index (χ1n) is 3.84. The molecule has 4 nitrogen and oxygen atoms in total. The zero-order valence-corrected chi connectivity index (χ0v) is 7.19. The van der Waals surface area contributed by atoms with Gasteiger partial charge in [-0.25, -0.2) is 0 Å². The first-order valence-corrected chi connectivity index (χ1v) is 3.84. The lowest BCUT2D eigenvalue weighted by atomic mass is 10.2. The highest BCUT2D eigenvalue weighted by Gasteiger charge is 2.07. The number of rotatable bonds is 2. The first-order chi connectivity index (χ1) is 6.24. The molecule has 0 radical (unpaired) electrons. The van der Waals surface area contributed by atoms with Gasteiger partial charge in [0.25, 0.3) is 5.91 Å². The second-order valence-corrected chi connectivity index (χ2v) is 2.57. The molecular formula is C9H9N3O. The zero-order valence-electron chi connectivity index (χ0n) is 7.19. The smallest absolute Gasteiger partial charge is 0.253 e. The highest BCUT2D eigenvalue weighted by molar-refractivity contribution is 5.94. The van der Waals surface area contributed by atoms with Gasteiger partial charge in [0.2, 0.25) is 0 Å². The Morgan fingerprint density at radius 1 is 1.77 bits per heavy atom. The number of nitrogens with one attached hydrogen (secondary N) is 1. The summed E-state index contributed by atoms with van der Waals surface area (Å²) in [5, 5.41) is 11.0. The minimum absolute atomic E-state index is 0.276. The Kier molecular flexibility index (Phi) is 2.98. The summed E-state index contributed by atoms with van der Waals surface area (Å²) < 4.78 is 0. The van der Waals surface area contributed by atoms with Crippen LogP contribution in [0.3, 0.4) is 0 Å². The van der Waals surface area contributed by atoms with Gasteiger partial charge in [-0.2, -0.15) is 5.26 Å². The second kappa shape index (κ2) is 4.21. The molecule has 0 fully saturated rings. The minimum atomic E-state index is -0.479. The molecule has 66 valence electrons. The maximum atomic E-state index is 11.3. The molecule has 1 aromatic heterocycles. The van der Waals surface area contributed by atoms with Crippen LogP contribution in [0, 0.1) is 11.3 Å². The summed E-state index contributed by atoms with van der Waals surface area (Å²) in [6, 6.07) is 4.75. The Morgan fingerprint density at radius 2 is 2.54 bits per heavy atom. The van der Waals surface area contributed by atoms with E-state index in [1.807, 2.05) is 6.07 Å². The van der Waals surface area contributed by atoms with E-state index in [1.165, 1.54) is 6.20 Å². The van der Waals surface area contributed by atoms with Gasteiger partial charge in [-0.15, -0.1) is 0 Å². The molecular weight excluding hydrogens is 166 g/mol. The molecule has 1 aromatic rings. The fraction of sp³-hybridized carbons (Fsp3) is 0.222. The van der Waals surface area contributed by atoms with Crippen molar-refractivity contribution in [3.8, 4) is 6.07 Å². The van der Waals surface area contributed by atoms with E-state index >= 15 is 0 Å². The lowest BCUT2D eigenvalue weighted by molar-refractivity contribution is 0.0947. The van der Waals surface area contributed by atoms with Gasteiger partial charge in [0, 0.05) is 12.4 Å². The van der Waals surface area contributed by atoms with E-state index in [-0.39, 0.29) is 5.91 Å². The number of hydrogen-bond donors (Lipinski definition) is 1. The van der Waals surface area contributed by atoms with Crippen LogP contribution in [-0.4, -0.2) is 16.9 Å². The van der Waals surface area contributed by atoms with E-state index < -0.39 is 6.04 Å². The van der Waals surface area contributed by atoms with Crippen LogP contribution in [0.5, 0.6) is 0 Å². The molecule has 0 aliphatic carbocycles. The molecule has 0 saturated carbocycles. The number of pyridine rings is 1. The van der Waals surface area contributed by atoms with E-state index in [0.717, 1.165) is 0 Å². The predicted octanol–water partition coefficient (Wildman–Crippen LogP) is 0.723. The third-order valence-corrected chi connectivity index (χ3v) is 1.46. The van der Waals surface area contributed by atoms with Gasteiger partial charge in [0.05, 0.1) is 11.6 Å². The van der Waals surface area contributed by atoms with Gasteiger partial charge in [0.15, 0.2) is 0 Å². The average molecular weight is 175 g/mol. The minimum Gasteiger partial charge on any atom is -0.336 e. The van der Waals surface area contributed by atoms with Crippen LogP contribution in [0.2, 0.25) is 0 Å². The van der Waals surface area contributed by atoms with Crippen LogP contribution >= 0.6 is 0 Å². The number of carbonyl (C=O) groups excluding carboxylic acids is 1. The second-order valence-electron chi connectivity index (χ2n) is 2.57. The van der Waals surface area contributed by atoms with Crippen LogP contribution in [0.4, 0.5) is 0 Å². The molecule has 13 heavy (non-hydrogen) atoms. The van der Waals surface area contributed by atoms with Crippen LogP contribution in [-0.2, 0) is 0 Å². The number of hydrogen-bond acceptors (Lipinski definition) is 3. The molecule has 1 rings (SSSR count). The third-order valence-electron chi connectivity index (χ3n) is 1.46. The Bertz CT molecular complexity index is 328. The molecule has 0 saturated heterocycles. The normalized spacial score (nSPS) is 11.4. The van der Waals surface area contributed by atoms with Crippen LogP contribution < -0.4 is 5.32 Å². The predicted molar refractivity (Wildman–Crippen MR) is 46.8 cm³/mol. The van der Waals surface area contributed by atoms with Gasteiger partial charge in [-0.05, 0) is 19.1 Å². The van der Waals surface area contributed by atoms with Gasteiger partial charge < -0.3 is 5.32 Å². The summed E-state index contributed by atoms with van der Waals surface area (Å²) >= 11 is 0. The monoisotopic (exact) mass is 175 g/mol. The molecule has 1 atom stereocenters. The quantitative estimate of drug-likeness (QED) is 0.720. The number of aromatic nitrogens is 1. The lowest BCUT2D eigenvalue weighted by Crippen LogP contribution is -2.31. The van der Waals surface area contributed by atoms with Crippen molar-refractivity contribution < 1.29 is 4.79 Å². The van der Waals surface area contributed by atoms with Crippen LogP contribution in [0.1, 0.15) is 17.3 Å². The molecule has 1 amide bonds. The molecule has 0 unspecified atom stereocenters. The van der Waals surface area contributed by atoms with Gasteiger partial charge in [-0.1, -0.05) is 0 Å². The summed E-state index contributed by atoms with van der Waals surface area (Å²) in [6.45, 7) is 1.62. The molecule has 1 heterocycles. The number of nitriles is 1. The van der Waals surface area contributed by atoms with Crippen molar-refractivity contribution in [1.29, 1.82) is 5.26 Å². The summed E-state index contributed by atoms with van der Waals surface area (Å²) in [5.41, 5.74) is 0.463. The molecule has 0 spiro atoms. The Balaban J connectivity index is 2.66. The van der Waals surface area contributed by atoms with Crippen molar-refractivity contribution in [2.24, 2.45) is 0 Å². The van der Waals surface area contributed by atoms with E-state index in [0.29, 0.717) is 5.56 Å². The van der Waals surface area contributed by atoms with E-state index in [2.05, 4.69) is 10.3 Å². The first kappa shape index (κ1) is 9.20. The van der Waals surface area contributed by atoms with Crippen LogP contribution in [0.15, 0.2) is 24.5 Å². The highest BCUT2D eigenvalue weighted by Crippen LogP contribution is 1.95. The van der Waals surface area contributed by atoms with E-state index in [1.54, 1.807) is 25.3 Å². The Morgan fingerprint density at radius 3 is 3.08 bits per heavy atom. The summed E-state index contributed by atoms with van der Waals surface area (Å²) in [7, 11) is 0. The van der Waals surface area contributed by atoms with Gasteiger partial charge >= 0.3 is 0 Å². The Hall–Kier alpha value is -1.89. The summed E-state index contributed by atoms with van der Waals surface area (Å²) in [4.78, 5) is 15.1. The maximum Gasteiger partial charge on any atom is 0.253 e. The van der Waals surface area contributed by atoms with Crippen molar-refractivity contribution in [2.75, 3.05) is 0 Å². The largest absolute Gasteiger partial charge is 0.336 e. The SMILES string of the molecule is C[C@@H](C#N)NC(=O)c1cccnc1. The fourth-order valence-corrected chi connectivity index (χ4v) is 0.809. The highest BCUT2D eigenvalue weighted by atomic mass is 16.1. The number of carbonyl (C=O) groups is 1. The van der Waals surface area contributed by atoms with E-state index in [9.17, 15) is 4.79 Å². The number of amides is 1.